The number of halogens is 1. The Kier molecular flexibility index (Phi) is 6.81. The number of rotatable bonds is 7. The Morgan fingerprint density at radius 3 is 2.15 bits per heavy atom. The Bertz CT molecular complexity index is 432. The number of esters is 1. The fourth-order valence-corrected chi connectivity index (χ4v) is 2.15. The first kappa shape index (κ1) is 16.8. The molecule has 0 bridgehead atoms. The summed E-state index contributed by atoms with van der Waals surface area (Å²) in [4.78, 5) is 11.9. The molecule has 0 saturated carbocycles. The van der Waals surface area contributed by atoms with Gasteiger partial charge in [-0.2, -0.15) is 0 Å². The zero-order valence-corrected chi connectivity index (χ0v) is 13.7. The lowest BCUT2D eigenvalue weighted by molar-refractivity contribution is -0.136. The van der Waals surface area contributed by atoms with Crippen LogP contribution in [0.5, 0.6) is 17.2 Å². The molecule has 1 atom stereocenters. The first-order chi connectivity index (χ1) is 9.55. The lowest BCUT2D eigenvalue weighted by atomic mass is 10.2. The molecule has 1 unspecified atom stereocenters. The highest BCUT2D eigenvalue weighted by atomic mass is 79.9. The van der Waals surface area contributed by atoms with Gasteiger partial charge < -0.3 is 18.9 Å². The number of ether oxygens (including phenoxy) is 4. The van der Waals surface area contributed by atoms with Crippen molar-refractivity contribution in [2.75, 3.05) is 26.7 Å². The Hall–Kier alpha value is -1.27. The van der Waals surface area contributed by atoms with E-state index in [1.54, 1.807) is 19.2 Å². The minimum absolute atomic E-state index is 0.141. The number of aryl methyl sites for hydroxylation is 1. The maximum absolute atomic E-state index is 11.9. The van der Waals surface area contributed by atoms with Gasteiger partial charge in [0, 0.05) is 12.4 Å². The highest BCUT2D eigenvalue weighted by Crippen LogP contribution is 2.38. The summed E-state index contributed by atoms with van der Waals surface area (Å²) < 4.78 is 20.9. The molecule has 0 radical (unpaired) electrons. The summed E-state index contributed by atoms with van der Waals surface area (Å²) in [5.74, 6) is 0.804. The van der Waals surface area contributed by atoms with Crippen LogP contribution in [0, 0.1) is 6.92 Å². The summed E-state index contributed by atoms with van der Waals surface area (Å²) in [5.41, 5.74) is 0.953. The van der Waals surface area contributed by atoms with Gasteiger partial charge in [-0.05, 0) is 24.6 Å². The molecule has 1 aromatic rings. The molecule has 0 aliphatic rings. The minimum Gasteiger partial charge on any atom is -0.493 e. The highest BCUT2D eigenvalue weighted by molar-refractivity contribution is 9.09. The van der Waals surface area contributed by atoms with Gasteiger partial charge in [0.25, 0.3) is 0 Å². The first-order valence-electron chi connectivity index (χ1n) is 6.07. The third-order valence-electron chi connectivity index (χ3n) is 2.72. The van der Waals surface area contributed by atoms with E-state index < -0.39 is 5.97 Å². The third kappa shape index (κ3) is 4.38. The highest BCUT2D eigenvalue weighted by Gasteiger charge is 2.19. The van der Waals surface area contributed by atoms with Gasteiger partial charge in [-0.15, -0.1) is 0 Å². The fourth-order valence-electron chi connectivity index (χ4n) is 1.65. The standard InChI is InChI=1S/C14H19BrO5/c1-9-5-11(18-3)14(12(6-9)19-4)20-13(16)7-10(8-15)17-2/h5-6,10H,7-8H2,1-4H3. The van der Waals surface area contributed by atoms with E-state index in [0.717, 1.165) is 5.56 Å². The number of alkyl halides is 1. The SMILES string of the molecule is COc1cc(C)cc(OC)c1OC(=O)CC(CBr)OC. The molecule has 1 rings (SSSR count). The van der Waals surface area contributed by atoms with Gasteiger partial charge in [-0.1, -0.05) is 15.9 Å². The minimum atomic E-state index is -0.406. The van der Waals surface area contributed by atoms with Crippen molar-refractivity contribution < 1.29 is 23.7 Å². The lowest BCUT2D eigenvalue weighted by Crippen LogP contribution is -2.21. The predicted molar refractivity (Wildman–Crippen MR) is 79.1 cm³/mol. The second kappa shape index (κ2) is 8.11. The van der Waals surface area contributed by atoms with Gasteiger partial charge in [-0.25, -0.2) is 0 Å². The summed E-state index contributed by atoms with van der Waals surface area (Å²) in [6.07, 6.45) is -0.0907. The molecule has 0 saturated heterocycles. The summed E-state index contributed by atoms with van der Waals surface area (Å²) in [6, 6.07) is 3.56. The average molecular weight is 347 g/mol. The molecule has 1 aromatic carbocycles. The summed E-state index contributed by atoms with van der Waals surface area (Å²) in [7, 11) is 4.58. The molecule has 0 spiro atoms. The zero-order valence-electron chi connectivity index (χ0n) is 12.1. The third-order valence-corrected chi connectivity index (χ3v) is 3.44. The number of methoxy groups -OCH3 is 3. The maximum Gasteiger partial charge on any atom is 0.314 e. The van der Waals surface area contributed by atoms with Gasteiger partial charge in [0.15, 0.2) is 11.5 Å². The molecule has 0 fully saturated rings. The Balaban J connectivity index is 2.93. The van der Waals surface area contributed by atoms with Crippen LogP contribution < -0.4 is 14.2 Å². The molecule has 0 aliphatic heterocycles. The molecule has 20 heavy (non-hydrogen) atoms. The van der Waals surface area contributed by atoms with Gasteiger partial charge in [0.2, 0.25) is 5.75 Å². The van der Waals surface area contributed by atoms with Crippen molar-refractivity contribution >= 4 is 21.9 Å². The van der Waals surface area contributed by atoms with Crippen LogP contribution in [0.4, 0.5) is 0 Å². The Morgan fingerprint density at radius 2 is 1.75 bits per heavy atom. The van der Waals surface area contributed by atoms with E-state index in [2.05, 4.69) is 15.9 Å². The van der Waals surface area contributed by atoms with E-state index in [1.165, 1.54) is 14.2 Å². The number of carbonyl (C=O) groups excluding carboxylic acids is 1. The quantitative estimate of drug-likeness (QED) is 0.431. The molecule has 0 amide bonds. The predicted octanol–water partition coefficient (Wildman–Crippen LogP) is 2.72. The van der Waals surface area contributed by atoms with Gasteiger partial charge in [-0.3, -0.25) is 4.79 Å². The fraction of sp³-hybridized carbons (Fsp3) is 0.500. The summed E-state index contributed by atoms with van der Waals surface area (Å²) >= 11 is 3.27. The van der Waals surface area contributed by atoms with E-state index in [9.17, 15) is 4.79 Å². The van der Waals surface area contributed by atoms with Gasteiger partial charge in [0.05, 0.1) is 26.7 Å². The topological polar surface area (TPSA) is 54.0 Å². The van der Waals surface area contributed by atoms with Crippen LogP contribution in [-0.4, -0.2) is 38.7 Å². The molecular weight excluding hydrogens is 328 g/mol. The van der Waals surface area contributed by atoms with E-state index >= 15 is 0 Å². The molecule has 0 aromatic heterocycles. The van der Waals surface area contributed by atoms with Crippen molar-refractivity contribution in [1.29, 1.82) is 0 Å². The van der Waals surface area contributed by atoms with Crippen LogP contribution in [-0.2, 0) is 9.53 Å². The lowest BCUT2D eigenvalue weighted by Gasteiger charge is -2.15. The zero-order chi connectivity index (χ0) is 15.1. The summed E-state index contributed by atoms with van der Waals surface area (Å²) in [6.45, 7) is 1.91. The summed E-state index contributed by atoms with van der Waals surface area (Å²) in [5, 5.41) is 0.556. The van der Waals surface area contributed by atoms with Crippen molar-refractivity contribution in [1.82, 2.24) is 0 Å². The Labute approximate surface area is 127 Å². The number of benzene rings is 1. The van der Waals surface area contributed by atoms with Crippen molar-refractivity contribution in [2.24, 2.45) is 0 Å². The second-order valence-electron chi connectivity index (χ2n) is 4.19. The van der Waals surface area contributed by atoms with Crippen LogP contribution in [0.15, 0.2) is 12.1 Å². The maximum atomic E-state index is 11.9. The average Bonchev–Trinajstić information content (AvgIpc) is 2.45. The molecule has 6 heteroatoms. The van der Waals surface area contributed by atoms with Crippen molar-refractivity contribution in [3.05, 3.63) is 17.7 Å². The van der Waals surface area contributed by atoms with E-state index in [0.29, 0.717) is 16.8 Å². The van der Waals surface area contributed by atoms with Crippen molar-refractivity contribution in [2.45, 2.75) is 19.4 Å². The van der Waals surface area contributed by atoms with Crippen molar-refractivity contribution in [3.63, 3.8) is 0 Å². The Morgan fingerprint density at radius 1 is 1.20 bits per heavy atom. The van der Waals surface area contributed by atoms with Crippen LogP contribution >= 0.6 is 15.9 Å². The van der Waals surface area contributed by atoms with Crippen LogP contribution in [0.3, 0.4) is 0 Å². The van der Waals surface area contributed by atoms with Crippen LogP contribution in [0.2, 0.25) is 0 Å². The molecule has 0 aliphatic carbocycles. The van der Waals surface area contributed by atoms with E-state index in [-0.39, 0.29) is 18.3 Å². The molecular formula is C14H19BrO5. The molecule has 5 nitrogen and oxygen atoms in total. The number of hydrogen-bond donors (Lipinski definition) is 0. The van der Waals surface area contributed by atoms with Gasteiger partial charge in [0.1, 0.15) is 0 Å². The van der Waals surface area contributed by atoms with E-state index in [4.69, 9.17) is 18.9 Å². The second-order valence-corrected chi connectivity index (χ2v) is 4.84. The first-order valence-corrected chi connectivity index (χ1v) is 7.19. The van der Waals surface area contributed by atoms with Crippen molar-refractivity contribution in [3.8, 4) is 17.2 Å². The normalized spacial score (nSPS) is 11.8. The molecule has 0 N–H and O–H groups in total. The largest absolute Gasteiger partial charge is 0.493 e. The van der Waals surface area contributed by atoms with Crippen LogP contribution in [0.25, 0.3) is 0 Å². The van der Waals surface area contributed by atoms with Gasteiger partial charge >= 0.3 is 5.97 Å². The molecule has 112 valence electrons. The van der Waals surface area contributed by atoms with Crippen LogP contribution in [0.1, 0.15) is 12.0 Å². The number of hydrogen-bond acceptors (Lipinski definition) is 5. The number of carbonyl (C=O) groups is 1. The van der Waals surface area contributed by atoms with E-state index in [1.807, 2.05) is 6.92 Å². The monoisotopic (exact) mass is 346 g/mol. The smallest absolute Gasteiger partial charge is 0.314 e. The molecule has 0 heterocycles.